The van der Waals surface area contributed by atoms with Crippen LogP contribution >= 0.6 is 11.5 Å². The van der Waals surface area contributed by atoms with Gasteiger partial charge in [0, 0.05) is 24.1 Å². The number of urea groups is 1. The molecule has 2 unspecified atom stereocenters. The van der Waals surface area contributed by atoms with Crippen molar-refractivity contribution in [2.24, 2.45) is 0 Å². The quantitative estimate of drug-likeness (QED) is 0.296. The van der Waals surface area contributed by atoms with Crippen LogP contribution in [0.15, 0.2) is 86.0 Å². The van der Waals surface area contributed by atoms with Crippen LogP contribution in [0, 0.1) is 0 Å². The fraction of sp³-hybridized carbons (Fsp3) is 0.310. The molecule has 182 valence electrons. The third-order valence-electron chi connectivity index (χ3n) is 6.57. The molecule has 2 aromatic carbocycles. The largest absolute Gasteiger partial charge is 0.327 e. The van der Waals surface area contributed by atoms with E-state index in [1.165, 1.54) is 17.1 Å². The molecular weight excluding hydrogens is 452 g/mol. The summed E-state index contributed by atoms with van der Waals surface area (Å²) >= 11 is 1.42. The maximum atomic E-state index is 13.9. The van der Waals surface area contributed by atoms with Crippen molar-refractivity contribution in [2.75, 3.05) is 18.2 Å². The minimum Gasteiger partial charge on any atom is -0.308 e. The second kappa shape index (κ2) is 11.5. The molecule has 6 heteroatoms. The Balaban J connectivity index is 1.77. The van der Waals surface area contributed by atoms with Crippen LogP contribution < -0.4 is 4.90 Å². The molecule has 1 aliphatic heterocycles. The van der Waals surface area contributed by atoms with Gasteiger partial charge in [-0.1, -0.05) is 72.8 Å². The van der Waals surface area contributed by atoms with E-state index in [1.807, 2.05) is 46.2 Å². The molecular formula is C29H34N4OS. The van der Waals surface area contributed by atoms with Gasteiger partial charge in [-0.05, 0) is 49.3 Å². The van der Waals surface area contributed by atoms with Crippen molar-refractivity contribution in [1.29, 1.82) is 0 Å². The van der Waals surface area contributed by atoms with Crippen molar-refractivity contribution in [3.63, 3.8) is 0 Å². The summed E-state index contributed by atoms with van der Waals surface area (Å²) in [6.07, 6.45) is 6.16. The lowest BCUT2D eigenvalue weighted by atomic mass is 10.0. The van der Waals surface area contributed by atoms with E-state index in [0.717, 1.165) is 41.1 Å². The number of hydrogen-bond donors (Lipinski definition) is 0. The zero-order chi connectivity index (χ0) is 24.8. The summed E-state index contributed by atoms with van der Waals surface area (Å²) in [4.78, 5) is 20.1. The minimum atomic E-state index is 0.0218. The zero-order valence-corrected chi connectivity index (χ0v) is 21.5. The van der Waals surface area contributed by atoms with Gasteiger partial charge >= 0.3 is 6.03 Å². The maximum absolute atomic E-state index is 13.9. The van der Waals surface area contributed by atoms with E-state index in [2.05, 4.69) is 68.3 Å². The lowest BCUT2D eigenvalue weighted by molar-refractivity contribution is 0.0714. The van der Waals surface area contributed by atoms with Crippen LogP contribution in [0.5, 0.6) is 0 Å². The summed E-state index contributed by atoms with van der Waals surface area (Å²) in [5.74, 6) is 0. The molecule has 2 heterocycles. The summed E-state index contributed by atoms with van der Waals surface area (Å²) in [6, 6.07) is 21.0. The Morgan fingerprint density at radius 1 is 0.943 bits per heavy atom. The van der Waals surface area contributed by atoms with Crippen LogP contribution in [0.1, 0.15) is 37.9 Å². The number of amides is 2. The summed E-state index contributed by atoms with van der Waals surface area (Å²) in [5, 5.41) is 0.901. The molecule has 5 nitrogen and oxygen atoms in total. The van der Waals surface area contributed by atoms with Crippen molar-refractivity contribution in [1.82, 2.24) is 14.2 Å². The lowest BCUT2D eigenvalue weighted by Crippen LogP contribution is -2.62. The fourth-order valence-corrected chi connectivity index (χ4v) is 5.43. The Morgan fingerprint density at radius 3 is 2.23 bits per heavy atom. The number of anilines is 1. The van der Waals surface area contributed by atoms with Gasteiger partial charge in [0.2, 0.25) is 0 Å². The molecule has 3 aromatic rings. The zero-order valence-electron chi connectivity index (χ0n) is 20.6. The highest BCUT2D eigenvalue weighted by atomic mass is 32.1. The van der Waals surface area contributed by atoms with E-state index in [9.17, 15) is 4.79 Å². The third kappa shape index (κ3) is 5.55. The van der Waals surface area contributed by atoms with E-state index in [-0.39, 0.29) is 18.1 Å². The molecule has 0 aliphatic carbocycles. The van der Waals surface area contributed by atoms with Gasteiger partial charge in [0.1, 0.15) is 5.00 Å². The van der Waals surface area contributed by atoms with Crippen LogP contribution in [0.4, 0.5) is 9.80 Å². The molecule has 0 bridgehead atoms. The SMILES string of the molecule is C=CCC(C)N1CN(c2snc(Cc3ccccc3)c2-c2ccccc2)C(=O)N(C(C)CC=C)C1. The van der Waals surface area contributed by atoms with Crippen molar-refractivity contribution in [3.8, 4) is 11.1 Å². The Hall–Kier alpha value is -3.22. The number of aromatic nitrogens is 1. The topological polar surface area (TPSA) is 39.7 Å². The van der Waals surface area contributed by atoms with Gasteiger partial charge in [0.25, 0.3) is 0 Å². The third-order valence-corrected chi connectivity index (χ3v) is 7.48. The summed E-state index contributed by atoms with van der Waals surface area (Å²) in [6.45, 7) is 13.2. The molecule has 0 spiro atoms. The van der Waals surface area contributed by atoms with Gasteiger partial charge in [-0.15, -0.1) is 13.2 Å². The molecule has 2 amide bonds. The number of carbonyl (C=O) groups excluding carboxylic acids is 1. The summed E-state index contributed by atoms with van der Waals surface area (Å²) < 4.78 is 4.89. The normalized spacial score (nSPS) is 16.2. The first-order valence-electron chi connectivity index (χ1n) is 12.1. The first-order valence-corrected chi connectivity index (χ1v) is 12.9. The Labute approximate surface area is 213 Å². The smallest absolute Gasteiger partial charge is 0.308 e. The number of hydrogen-bond acceptors (Lipinski definition) is 4. The van der Waals surface area contributed by atoms with Crippen molar-refractivity contribution < 1.29 is 4.79 Å². The average Bonchev–Trinajstić information content (AvgIpc) is 3.28. The molecule has 1 saturated heterocycles. The van der Waals surface area contributed by atoms with Gasteiger partial charge in [0.05, 0.1) is 19.0 Å². The molecule has 0 radical (unpaired) electrons. The van der Waals surface area contributed by atoms with Gasteiger partial charge in [-0.25, -0.2) is 4.79 Å². The summed E-state index contributed by atoms with van der Waals surface area (Å²) in [7, 11) is 0. The predicted molar refractivity (Wildman–Crippen MR) is 147 cm³/mol. The van der Waals surface area contributed by atoms with Crippen molar-refractivity contribution >= 4 is 22.6 Å². The van der Waals surface area contributed by atoms with Gasteiger partial charge in [-0.2, -0.15) is 4.37 Å². The van der Waals surface area contributed by atoms with Gasteiger partial charge < -0.3 is 4.90 Å². The van der Waals surface area contributed by atoms with Crippen LogP contribution in [0.25, 0.3) is 11.1 Å². The highest BCUT2D eigenvalue weighted by Gasteiger charge is 2.37. The fourth-order valence-electron chi connectivity index (χ4n) is 4.52. The second-order valence-corrected chi connectivity index (χ2v) is 9.89. The van der Waals surface area contributed by atoms with Crippen LogP contribution in [0.2, 0.25) is 0 Å². The van der Waals surface area contributed by atoms with E-state index < -0.39 is 0 Å². The molecule has 1 aromatic heterocycles. The summed E-state index contributed by atoms with van der Waals surface area (Å²) in [5.41, 5.74) is 4.32. The molecule has 4 rings (SSSR count). The maximum Gasteiger partial charge on any atom is 0.327 e. The van der Waals surface area contributed by atoms with Crippen LogP contribution in [-0.2, 0) is 6.42 Å². The van der Waals surface area contributed by atoms with Crippen molar-refractivity contribution in [2.45, 2.75) is 45.2 Å². The lowest BCUT2D eigenvalue weighted by Gasteiger charge is -2.46. The Morgan fingerprint density at radius 2 is 1.57 bits per heavy atom. The molecule has 1 aliphatic rings. The minimum absolute atomic E-state index is 0.0218. The number of carbonyl (C=O) groups is 1. The number of nitrogens with zero attached hydrogens (tertiary/aromatic N) is 4. The molecule has 0 N–H and O–H groups in total. The van der Waals surface area contributed by atoms with E-state index >= 15 is 0 Å². The molecule has 35 heavy (non-hydrogen) atoms. The average molecular weight is 487 g/mol. The molecule has 1 fully saturated rings. The number of rotatable bonds is 10. The standard InChI is InChI=1S/C29H34N4OS/c1-5-13-22(3)31-20-32(23(4)14-6-2)29(34)33(21-31)28-27(25-17-11-8-12-18-25)26(30-35-28)19-24-15-9-7-10-16-24/h5-12,15-18,22-23H,1-2,13-14,19-21H2,3-4H3. The van der Waals surface area contributed by atoms with Crippen LogP contribution in [-0.4, -0.2) is 45.6 Å². The monoisotopic (exact) mass is 486 g/mol. The van der Waals surface area contributed by atoms with Crippen LogP contribution in [0.3, 0.4) is 0 Å². The highest BCUT2D eigenvalue weighted by Crippen LogP contribution is 2.40. The first-order chi connectivity index (χ1) is 17.0. The Bertz CT molecular complexity index is 1140. The van der Waals surface area contributed by atoms with Crippen molar-refractivity contribution in [3.05, 3.63) is 97.2 Å². The predicted octanol–water partition coefficient (Wildman–Crippen LogP) is 6.79. The van der Waals surface area contributed by atoms with E-state index in [4.69, 9.17) is 4.37 Å². The highest BCUT2D eigenvalue weighted by molar-refractivity contribution is 7.11. The van der Waals surface area contributed by atoms with E-state index in [1.54, 1.807) is 0 Å². The first kappa shape index (κ1) is 24.9. The molecule has 2 atom stereocenters. The Kier molecular flexibility index (Phi) is 8.16. The van der Waals surface area contributed by atoms with Gasteiger partial charge in [-0.3, -0.25) is 9.80 Å². The van der Waals surface area contributed by atoms with Gasteiger partial charge in [0.15, 0.2) is 0 Å². The second-order valence-electron chi connectivity index (χ2n) is 9.14. The van der Waals surface area contributed by atoms with E-state index in [0.29, 0.717) is 13.3 Å². The number of benzene rings is 2. The molecule has 0 saturated carbocycles.